The van der Waals surface area contributed by atoms with Crippen LogP contribution in [0, 0.1) is 6.92 Å². The minimum atomic E-state index is 0.755. The molecule has 1 N–H and O–H groups in total. The molecule has 1 heterocycles. The Hall–Kier alpha value is -1.55. The smallest absolute Gasteiger partial charge is 0.0543 e. The first kappa shape index (κ1) is 11.9. The molecule has 2 aromatic rings. The Morgan fingerprint density at radius 2 is 2.35 bits per heavy atom. The predicted molar refractivity (Wildman–Crippen MR) is 74.8 cm³/mol. The average molecular weight is 292 g/mol. The third-order valence-electron chi connectivity index (χ3n) is 2.52. The van der Waals surface area contributed by atoms with Crippen molar-refractivity contribution in [1.82, 2.24) is 9.78 Å². The van der Waals surface area contributed by atoms with E-state index in [1.807, 2.05) is 18.5 Å². The van der Waals surface area contributed by atoms with Crippen LogP contribution in [0.3, 0.4) is 0 Å². The van der Waals surface area contributed by atoms with E-state index in [9.17, 15) is 0 Å². The lowest BCUT2D eigenvalue weighted by atomic mass is 10.2. The normalized spacial score (nSPS) is 10.2. The summed E-state index contributed by atoms with van der Waals surface area (Å²) in [4.78, 5) is 0. The Balaban J connectivity index is 2.06. The summed E-state index contributed by atoms with van der Waals surface area (Å²) in [5, 5.41) is 7.53. The van der Waals surface area contributed by atoms with Gasteiger partial charge in [0.05, 0.1) is 6.20 Å². The van der Waals surface area contributed by atoms with Gasteiger partial charge in [-0.3, -0.25) is 0 Å². The number of aryl methyl sites for hydroxylation is 1. The molecule has 0 aliphatic carbocycles. The Labute approximate surface area is 109 Å². The SMILES string of the molecule is C=Cn1cc(CNc2cc(Br)ccc2C)cn1. The van der Waals surface area contributed by atoms with E-state index in [4.69, 9.17) is 0 Å². The minimum absolute atomic E-state index is 0.755. The topological polar surface area (TPSA) is 29.9 Å². The summed E-state index contributed by atoms with van der Waals surface area (Å²) in [6.07, 6.45) is 5.46. The zero-order valence-corrected chi connectivity index (χ0v) is 11.2. The molecule has 0 aliphatic rings. The van der Waals surface area contributed by atoms with E-state index in [2.05, 4.69) is 52.0 Å². The predicted octanol–water partition coefficient (Wildman–Crippen LogP) is 3.67. The monoisotopic (exact) mass is 291 g/mol. The second-order valence-electron chi connectivity index (χ2n) is 3.82. The van der Waals surface area contributed by atoms with Crippen molar-refractivity contribution in [2.75, 3.05) is 5.32 Å². The number of nitrogens with one attached hydrogen (secondary N) is 1. The molecular weight excluding hydrogens is 278 g/mol. The summed E-state index contributed by atoms with van der Waals surface area (Å²) in [5.41, 5.74) is 3.49. The van der Waals surface area contributed by atoms with Crippen molar-refractivity contribution in [3.8, 4) is 0 Å². The fraction of sp³-hybridized carbons (Fsp3) is 0.154. The Morgan fingerprint density at radius 3 is 3.06 bits per heavy atom. The van der Waals surface area contributed by atoms with E-state index >= 15 is 0 Å². The quantitative estimate of drug-likeness (QED) is 0.932. The molecule has 0 radical (unpaired) electrons. The van der Waals surface area contributed by atoms with Gasteiger partial charge >= 0.3 is 0 Å². The van der Waals surface area contributed by atoms with Crippen molar-refractivity contribution in [2.45, 2.75) is 13.5 Å². The first-order valence-electron chi connectivity index (χ1n) is 5.34. The second kappa shape index (κ2) is 5.19. The molecule has 0 unspecified atom stereocenters. The molecule has 1 aromatic carbocycles. The number of rotatable bonds is 4. The lowest BCUT2D eigenvalue weighted by Crippen LogP contribution is -2.00. The maximum Gasteiger partial charge on any atom is 0.0543 e. The molecular formula is C13H14BrN3. The fourth-order valence-corrected chi connectivity index (χ4v) is 1.91. The Kier molecular flexibility index (Phi) is 3.64. The molecule has 4 heteroatoms. The van der Waals surface area contributed by atoms with Crippen LogP contribution in [0.5, 0.6) is 0 Å². The van der Waals surface area contributed by atoms with Gasteiger partial charge in [0.1, 0.15) is 0 Å². The van der Waals surface area contributed by atoms with Crippen LogP contribution in [-0.2, 0) is 6.54 Å². The molecule has 0 spiro atoms. The lowest BCUT2D eigenvalue weighted by molar-refractivity contribution is 0.936. The summed E-state index contributed by atoms with van der Waals surface area (Å²) >= 11 is 3.47. The van der Waals surface area contributed by atoms with E-state index in [0.717, 1.165) is 22.3 Å². The van der Waals surface area contributed by atoms with Crippen molar-refractivity contribution in [2.24, 2.45) is 0 Å². The number of anilines is 1. The third-order valence-corrected chi connectivity index (χ3v) is 3.02. The number of nitrogens with zero attached hydrogens (tertiary/aromatic N) is 2. The lowest BCUT2D eigenvalue weighted by Gasteiger charge is -2.08. The van der Waals surface area contributed by atoms with Crippen LogP contribution in [0.25, 0.3) is 6.20 Å². The van der Waals surface area contributed by atoms with E-state index in [1.54, 1.807) is 10.9 Å². The second-order valence-corrected chi connectivity index (χ2v) is 4.74. The van der Waals surface area contributed by atoms with E-state index in [0.29, 0.717) is 0 Å². The third kappa shape index (κ3) is 2.97. The Bertz CT molecular complexity index is 531. The van der Waals surface area contributed by atoms with E-state index in [-0.39, 0.29) is 0 Å². The highest BCUT2D eigenvalue weighted by molar-refractivity contribution is 9.10. The molecule has 0 aliphatic heterocycles. The van der Waals surface area contributed by atoms with Crippen LogP contribution in [0.15, 0.2) is 41.6 Å². The Morgan fingerprint density at radius 1 is 1.53 bits per heavy atom. The minimum Gasteiger partial charge on any atom is -0.381 e. The van der Waals surface area contributed by atoms with Crippen LogP contribution in [-0.4, -0.2) is 9.78 Å². The highest BCUT2D eigenvalue weighted by Gasteiger charge is 2.00. The number of benzene rings is 1. The highest BCUT2D eigenvalue weighted by atomic mass is 79.9. The van der Waals surface area contributed by atoms with Crippen LogP contribution in [0.2, 0.25) is 0 Å². The summed E-state index contributed by atoms with van der Waals surface area (Å²) in [6.45, 7) is 6.50. The number of hydrogen-bond donors (Lipinski definition) is 1. The largest absolute Gasteiger partial charge is 0.381 e. The highest BCUT2D eigenvalue weighted by Crippen LogP contribution is 2.21. The zero-order valence-electron chi connectivity index (χ0n) is 9.65. The molecule has 0 bridgehead atoms. The summed E-state index contributed by atoms with van der Waals surface area (Å²) in [7, 11) is 0. The molecule has 0 saturated heterocycles. The summed E-state index contributed by atoms with van der Waals surface area (Å²) < 4.78 is 2.78. The standard InChI is InChI=1S/C13H14BrN3/c1-3-17-9-11(8-16-17)7-15-13-6-12(14)5-4-10(13)2/h3-6,8-9,15H,1,7H2,2H3. The van der Waals surface area contributed by atoms with Gasteiger partial charge in [-0.1, -0.05) is 28.6 Å². The summed E-state index contributed by atoms with van der Waals surface area (Å²) in [5.74, 6) is 0. The van der Waals surface area contributed by atoms with Crippen molar-refractivity contribution >= 4 is 27.8 Å². The van der Waals surface area contributed by atoms with Gasteiger partial charge in [-0.15, -0.1) is 0 Å². The van der Waals surface area contributed by atoms with Crippen LogP contribution in [0.4, 0.5) is 5.69 Å². The molecule has 3 nitrogen and oxygen atoms in total. The van der Waals surface area contributed by atoms with Gasteiger partial charge in [0, 0.05) is 34.7 Å². The van der Waals surface area contributed by atoms with E-state index < -0.39 is 0 Å². The molecule has 17 heavy (non-hydrogen) atoms. The first-order chi connectivity index (χ1) is 8.19. The van der Waals surface area contributed by atoms with Gasteiger partial charge in [-0.05, 0) is 24.6 Å². The molecule has 2 rings (SSSR count). The maximum absolute atomic E-state index is 4.14. The van der Waals surface area contributed by atoms with Crippen LogP contribution in [0.1, 0.15) is 11.1 Å². The molecule has 1 aromatic heterocycles. The van der Waals surface area contributed by atoms with Crippen LogP contribution >= 0.6 is 15.9 Å². The van der Waals surface area contributed by atoms with Gasteiger partial charge < -0.3 is 5.32 Å². The number of halogens is 1. The summed E-state index contributed by atoms with van der Waals surface area (Å²) in [6, 6.07) is 6.20. The molecule has 0 atom stereocenters. The molecule has 88 valence electrons. The number of aromatic nitrogens is 2. The fourth-order valence-electron chi connectivity index (χ4n) is 1.55. The first-order valence-corrected chi connectivity index (χ1v) is 6.14. The number of hydrogen-bond acceptors (Lipinski definition) is 2. The van der Waals surface area contributed by atoms with Gasteiger partial charge in [0.25, 0.3) is 0 Å². The van der Waals surface area contributed by atoms with Crippen molar-refractivity contribution < 1.29 is 0 Å². The molecule has 0 saturated carbocycles. The van der Waals surface area contributed by atoms with Crippen molar-refractivity contribution in [3.63, 3.8) is 0 Å². The van der Waals surface area contributed by atoms with Crippen molar-refractivity contribution in [3.05, 3.63) is 52.8 Å². The van der Waals surface area contributed by atoms with Gasteiger partial charge in [-0.25, -0.2) is 4.68 Å². The van der Waals surface area contributed by atoms with Crippen molar-refractivity contribution in [1.29, 1.82) is 0 Å². The van der Waals surface area contributed by atoms with Crippen LogP contribution < -0.4 is 5.32 Å². The average Bonchev–Trinajstić information content (AvgIpc) is 2.78. The van der Waals surface area contributed by atoms with Gasteiger partial charge in [0.15, 0.2) is 0 Å². The van der Waals surface area contributed by atoms with Gasteiger partial charge in [0.2, 0.25) is 0 Å². The molecule has 0 fully saturated rings. The zero-order chi connectivity index (χ0) is 12.3. The van der Waals surface area contributed by atoms with E-state index in [1.165, 1.54) is 5.56 Å². The molecule has 0 amide bonds. The van der Waals surface area contributed by atoms with Gasteiger partial charge in [-0.2, -0.15) is 5.10 Å². The maximum atomic E-state index is 4.14.